The molecule has 10 heteroatoms. The summed E-state index contributed by atoms with van der Waals surface area (Å²) >= 11 is 0. The molecule has 172 valence electrons. The van der Waals surface area contributed by atoms with Crippen LogP contribution in [0.15, 0.2) is 4.99 Å². The number of rotatable bonds is 8. The molecule has 0 aromatic carbocycles. The molecular formula is C20H38IN7O2. The van der Waals surface area contributed by atoms with Gasteiger partial charge in [-0.05, 0) is 39.7 Å². The van der Waals surface area contributed by atoms with Crippen molar-refractivity contribution in [1.82, 2.24) is 29.9 Å². The van der Waals surface area contributed by atoms with E-state index in [0.717, 1.165) is 96.0 Å². The number of nitrogens with zero attached hydrogens (tertiary/aromatic N) is 6. The number of likely N-dealkylation sites (tertiary alicyclic amines) is 1. The van der Waals surface area contributed by atoms with Gasteiger partial charge in [-0.15, -0.1) is 34.2 Å². The Morgan fingerprint density at radius 3 is 2.57 bits per heavy atom. The zero-order chi connectivity index (χ0) is 20.5. The lowest BCUT2D eigenvalue weighted by molar-refractivity contribution is 0.0262. The molecular weight excluding hydrogens is 497 g/mol. The van der Waals surface area contributed by atoms with Crippen molar-refractivity contribution >= 4 is 29.9 Å². The van der Waals surface area contributed by atoms with Gasteiger partial charge in [-0.3, -0.25) is 4.90 Å². The minimum atomic E-state index is 0. The van der Waals surface area contributed by atoms with Crippen molar-refractivity contribution in [2.24, 2.45) is 12.0 Å². The lowest BCUT2D eigenvalue weighted by Gasteiger charge is -2.34. The van der Waals surface area contributed by atoms with E-state index < -0.39 is 0 Å². The summed E-state index contributed by atoms with van der Waals surface area (Å²) in [4.78, 5) is 9.71. The Labute approximate surface area is 197 Å². The van der Waals surface area contributed by atoms with E-state index in [0.29, 0.717) is 12.6 Å². The van der Waals surface area contributed by atoms with Gasteiger partial charge in [-0.1, -0.05) is 0 Å². The van der Waals surface area contributed by atoms with E-state index in [1.165, 1.54) is 0 Å². The standard InChI is InChI=1S/C20H37N7O2.HI/c1-4-29-18-6-10-27(11-7-18)20(22-16-19-24-23-17(2)25(19)3)21-8-5-9-26-12-14-28-15-13-26;/h18H,4-16H2,1-3H3,(H,21,22);1H. The maximum absolute atomic E-state index is 5.80. The smallest absolute Gasteiger partial charge is 0.194 e. The fourth-order valence-electron chi connectivity index (χ4n) is 3.80. The SMILES string of the molecule is CCOC1CCN(C(=NCc2nnc(C)n2C)NCCCN2CCOCC2)CC1.I. The summed E-state index contributed by atoms with van der Waals surface area (Å²) < 4.78 is 13.2. The second-order valence-electron chi connectivity index (χ2n) is 7.74. The fourth-order valence-corrected chi connectivity index (χ4v) is 3.80. The highest BCUT2D eigenvalue weighted by atomic mass is 127. The highest BCUT2D eigenvalue weighted by Gasteiger charge is 2.22. The molecule has 2 fully saturated rings. The van der Waals surface area contributed by atoms with Crippen LogP contribution in [0.25, 0.3) is 0 Å². The van der Waals surface area contributed by atoms with Crippen molar-refractivity contribution in [2.75, 3.05) is 59.1 Å². The van der Waals surface area contributed by atoms with E-state index in [4.69, 9.17) is 14.5 Å². The van der Waals surface area contributed by atoms with Gasteiger partial charge in [-0.25, -0.2) is 4.99 Å². The molecule has 2 saturated heterocycles. The predicted octanol–water partition coefficient (Wildman–Crippen LogP) is 1.41. The molecule has 0 atom stereocenters. The van der Waals surface area contributed by atoms with Crippen LogP contribution in [0, 0.1) is 6.92 Å². The molecule has 2 aliphatic heterocycles. The number of morpholine rings is 1. The van der Waals surface area contributed by atoms with Crippen LogP contribution in [0.4, 0.5) is 0 Å². The van der Waals surface area contributed by atoms with E-state index in [1.807, 2.05) is 18.5 Å². The molecule has 30 heavy (non-hydrogen) atoms. The molecule has 0 unspecified atom stereocenters. The van der Waals surface area contributed by atoms with Gasteiger partial charge in [0.05, 0.1) is 19.3 Å². The molecule has 0 saturated carbocycles. The van der Waals surface area contributed by atoms with Crippen molar-refractivity contribution in [2.45, 2.75) is 45.8 Å². The first-order valence-corrected chi connectivity index (χ1v) is 11.0. The summed E-state index contributed by atoms with van der Waals surface area (Å²) in [6.45, 7) is 13.1. The monoisotopic (exact) mass is 535 g/mol. The van der Waals surface area contributed by atoms with Gasteiger partial charge < -0.3 is 24.3 Å². The first kappa shape index (κ1) is 25.3. The third kappa shape index (κ3) is 7.61. The number of ether oxygens (including phenoxy) is 2. The lowest BCUT2D eigenvalue weighted by Crippen LogP contribution is -2.47. The van der Waals surface area contributed by atoms with Crippen LogP contribution in [0.1, 0.15) is 37.8 Å². The minimum Gasteiger partial charge on any atom is -0.379 e. The van der Waals surface area contributed by atoms with E-state index >= 15 is 0 Å². The van der Waals surface area contributed by atoms with Crippen LogP contribution < -0.4 is 5.32 Å². The van der Waals surface area contributed by atoms with Crippen LogP contribution in [-0.2, 0) is 23.1 Å². The number of halogens is 1. The minimum absolute atomic E-state index is 0. The molecule has 0 spiro atoms. The summed E-state index contributed by atoms with van der Waals surface area (Å²) in [6, 6.07) is 0. The largest absolute Gasteiger partial charge is 0.379 e. The van der Waals surface area contributed by atoms with Crippen molar-refractivity contribution in [1.29, 1.82) is 0 Å². The Hall–Kier alpha value is -0.980. The Balaban J connectivity index is 0.00000320. The molecule has 1 aromatic heterocycles. The molecule has 9 nitrogen and oxygen atoms in total. The molecule has 0 bridgehead atoms. The third-order valence-corrected chi connectivity index (χ3v) is 5.73. The number of aliphatic imine (C=N–C) groups is 1. The molecule has 0 aliphatic carbocycles. The Morgan fingerprint density at radius 1 is 1.20 bits per heavy atom. The maximum atomic E-state index is 5.80. The van der Waals surface area contributed by atoms with Crippen LogP contribution in [-0.4, -0.2) is 95.7 Å². The molecule has 0 amide bonds. The summed E-state index contributed by atoms with van der Waals surface area (Å²) in [5.41, 5.74) is 0. The molecule has 1 N–H and O–H groups in total. The summed E-state index contributed by atoms with van der Waals surface area (Å²) in [5.74, 6) is 2.77. The van der Waals surface area contributed by atoms with E-state index in [9.17, 15) is 0 Å². The van der Waals surface area contributed by atoms with Crippen molar-refractivity contribution in [3.8, 4) is 0 Å². The van der Waals surface area contributed by atoms with Crippen molar-refractivity contribution in [3.63, 3.8) is 0 Å². The highest BCUT2D eigenvalue weighted by molar-refractivity contribution is 14.0. The van der Waals surface area contributed by atoms with Crippen molar-refractivity contribution < 1.29 is 9.47 Å². The number of nitrogens with one attached hydrogen (secondary N) is 1. The molecule has 1 aromatic rings. The van der Waals surface area contributed by atoms with Gasteiger partial charge in [-0.2, -0.15) is 0 Å². The second kappa shape index (κ2) is 13.4. The number of hydrogen-bond donors (Lipinski definition) is 1. The molecule has 3 rings (SSSR count). The average Bonchev–Trinajstić information content (AvgIpc) is 3.07. The van der Waals surface area contributed by atoms with Gasteiger partial charge in [0.2, 0.25) is 0 Å². The number of aryl methyl sites for hydroxylation is 1. The Bertz CT molecular complexity index is 641. The number of hydrogen-bond acceptors (Lipinski definition) is 6. The molecule has 3 heterocycles. The van der Waals surface area contributed by atoms with E-state index in [2.05, 4.69) is 32.2 Å². The van der Waals surface area contributed by atoms with Gasteiger partial charge in [0.25, 0.3) is 0 Å². The van der Waals surface area contributed by atoms with E-state index in [-0.39, 0.29) is 24.0 Å². The third-order valence-electron chi connectivity index (χ3n) is 5.73. The highest BCUT2D eigenvalue weighted by Crippen LogP contribution is 2.14. The quantitative estimate of drug-likeness (QED) is 0.234. The summed E-state index contributed by atoms with van der Waals surface area (Å²) in [6.07, 6.45) is 3.56. The lowest BCUT2D eigenvalue weighted by atomic mass is 10.1. The summed E-state index contributed by atoms with van der Waals surface area (Å²) in [7, 11) is 1.99. The van der Waals surface area contributed by atoms with Crippen LogP contribution in [0.5, 0.6) is 0 Å². The first-order valence-electron chi connectivity index (χ1n) is 11.0. The topological polar surface area (TPSA) is 80.0 Å². The fraction of sp³-hybridized carbons (Fsp3) is 0.850. The van der Waals surface area contributed by atoms with Gasteiger partial charge in [0, 0.05) is 46.4 Å². The number of piperidine rings is 1. The van der Waals surface area contributed by atoms with Crippen LogP contribution >= 0.6 is 24.0 Å². The van der Waals surface area contributed by atoms with Gasteiger partial charge in [0.1, 0.15) is 12.4 Å². The Kier molecular flexibility index (Phi) is 11.3. The Morgan fingerprint density at radius 2 is 1.93 bits per heavy atom. The van der Waals surface area contributed by atoms with Crippen LogP contribution in [0.2, 0.25) is 0 Å². The zero-order valence-corrected chi connectivity index (χ0v) is 21.0. The van der Waals surface area contributed by atoms with Gasteiger partial charge in [0.15, 0.2) is 11.8 Å². The van der Waals surface area contributed by atoms with E-state index in [1.54, 1.807) is 0 Å². The number of guanidine groups is 1. The zero-order valence-electron chi connectivity index (χ0n) is 18.7. The number of aromatic nitrogens is 3. The average molecular weight is 535 g/mol. The van der Waals surface area contributed by atoms with Crippen molar-refractivity contribution in [3.05, 3.63) is 11.6 Å². The van der Waals surface area contributed by atoms with Crippen LogP contribution in [0.3, 0.4) is 0 Å². The first-order chi connectivity index (χ1) is 14.2. The second-order valence-corrected chi connectivity index (χ2v) is 7.74. The molecule has 0 radical (unpaired) electrons. The maximum Gasteiger partial charge on any atom is 0.194 e. The summed E-state index contributed by atoms with van der Waals surface area (Å²) in [5, 5.41) is 12.0. The van der Waals surface area contributed by atoms with Gasteiger partial charge >= 0.3 is 0 Å². The normalized spacial score (nSPS) is 19.0. The molecule has 2 aliphatic rings. The predicted molar refractivity (Wildman–Crippen MR) is 128 cm³/mol.